The number of aromatic hydroxyl groups is 1. The summed E-state index contributed by atoms with van der Waals surface area (Å²) in [4.78, 5) is 15.5. The number of anilines is 1. The molecule has 3 N–H and O–H groups in total. The average Bonchev–Trinajstić information content (AvgIpc) is 2.42. The van der Waals surface area contributed by atoms with Crippen LogP contribution in [0.25, 0.3) is 4.96 Å². The maximum atomic E-state index is 11.4. The van der Waals surface area contributed by atoms with Gasteiger partial charge in [-0.25, -0.2) is 0 Å². The van der Waals surface area contributed by atoms with Gasteiger partial charge < -0.3 is 10.8 Å². The smallest absolute Gasteiger partial charge is 0.281 e. The number of nitrogens with two attached hydrogens (primary N) is 1. The molecule has 68 valence electrons. The molecule has 0 aromatic carbocycles. The van der Waals surface area contributed by atoms with Gasteiger partial charge in [-0.15, -0.1) is 5.10 Å². The molecule has 2 aromatic rings. The zero-order chi connectivity index (χ0) is 9.59. The van der Waals surface area contributed by atoms with E-state index in [1.165, 1.54) is 6.92 Å². The molecule has 0 aliphatic carbocycles. The number of nitrogen functional groups attached to an aromatic ring is 1. The lowest BCUT2D eigenvalue weighted by Gasteiger charge is -1.94. The van der Waals surface area contributed by atoms with Crippen LogP contribution in [0.15, 0.2) is 4.79 Å². The van der Waals surface area contributed by atoms with E-state index in [0.717, 1.165) is 15.9 Å². The molecule has 0 fully saturated rings. The van der Waals surface area contributed by atoms with Gasteiger partial charge in [-0.2, -0.15) is 9.50 Å². The van der Waals surface area contributed by atoms with Crippen molar-refractivity contribution in [2.75, 3.05) is 5.73 Å². The number of hydrogen-bond donors (Lipinski definition) is 2. The van der Waals surface area contributed by atoms with Crippen LogP contribution in [-0.4, -0.2) is 19.7 Å². The van der Waals surface area contributed by atoms with E-state index in [9.17, 15) is 9.90 Å². The van der Waals surface area contributed by atoms with Gasteiger partial charge in [0.2, 0.25) is 16.0 Å². The summed E-state index contributed by atoms with van der Waals surface area (Å²) in [6, 6.07) is 0. The highest BCUT2D eigenvalue weighted by Gasteiger charge is 2.10. The molecule has 0 saturated heterocycles. The molecule has 0 bridgehead atoms. The lowest BCUT2D eigenvalue weighted by Crippen LogP contribution is -2.17. The summed E-state index contributed by atoms with van der Waals surface area (Å²) >= 11 is 1.05. The maximum absolute atomic E-state index is 11.4. The van der Waals surface area contributed by atoms with Crippen molar-refractivity contribution in [2.24, 2.45) is 0 Å². The highest BCUT2D eigenvalue weighted by Crippen LogP contribution is 2.16. The van der Waals surface area contributed by atoms with E-state index in [-0.39, 0.29) is 16.6 Å². The maximum Gasteiger partial charge on any atom is 0.281 e. The molecule has 0 aliphatic rings. The minimum atomic E-state index is -0.393. The second kappa shape index (κ2) is 2.43. The van der Waals surface area contributed by atoms with E-state index < -0.39 is 5.56 Å². The van der Waals surface area contributed by atoms with Gasteiger partial charge in [-0.3, -0.25) is 4.79 Å². The van der Waals surface area contributed by atoms with Gasteiger partial charge in [0.05, 0.1) is 5.56 Å². The van der Waals surface area contributed by atoms with E-state index in [1.54, 1.807) is 0 Å². The van der Waals surface area contributed by atoms with Crippen molar-refractivity contribution in [1.29, 1.82) is 0 Å². The summed E-state index contributed by atoms with van der Waals surface area (Å²) in [5.41, 5.74) is 5.16. The molecule has 13 heavy (non-hydrogen) atoms. The number of aromatic nitrogens is 3. The topological polar surface area (TPSA) is 93.5 Å². The second-order valence-corrected chi connectivity index (χ2v) is 3.49. The van der Waals surface area contributed by atoms with Crippen LogP contribution in [0.1, 0.15) is 5.56 Å². The minimum Gasteiger partial charge on any atom is -0.493 e. The van der Waals surface area contributed by atoms with Gasteiger partial charge in [0.15, 0.2) is 0 Å². The van der Waals surface area contributed by atoms with Gasteiger partial charge >= 0.3 is 0 Å². The van der Waals surface area contributed by atoms with Crippen molar-refractivity contribution in [2.45, 2.75) is 6.92 Å². The molecule has 0 saturated carbocycles. The lowest BCUT2D eigenvalue weighted by molar-refractivity contribution is 0.447. The summed E-state index contributed by atoms with van der Waals surface area (Å²) in [5.74, 6) is -0.270. The van der Waals surface area contributed by atoms with E-state index >= 15 is 0 Å². The van der Waals surface area contributed by atoms with Crippen molar-refractivity contribution in [3.8, 4) is 5.88 Å². The van der Waals surface area contributed by atoms with Crippen molar-refractivity contribution in [3.63, 3.8) is 0 Å². The Morgan fingerprint density at radius 2 is 2.31 bits per heavy atom. The third kappa shape index (κ3) is 1.04. The van der Waals surface area contributed by atoms with Gasteiger partial charge in [0, 0.05) is 0 Å². The van der Waals surface area contributed by atoms with E-state index in [0.29, 0.717) is 4.96 Å². The van der Waals surface area contributed by atoms with Crippen LogP contribution in [0.2, 0.25) is 0 Å². The van der Waals surface area contributed by atoms with Crippen LogP contribution in [0.5, 0.6) is 5.88 Å². The summed E-state index contributed by atoms with van der Waals surface area (Å²) in [7, 11) is 0. The summed E-state index contributed by atoms with van der Waals surface area (Å²) in [6.45, 7) is 1.48. The standard InChI is InChI=1S/C6H6N4O2S/c1-2-3(11)8-6-10(4(2)12)9-5(7)13-6/h11H,1H3,(H2,7,9). The zero-order valence-electron chi connectivity index (χ0n) is 6.68. The Kier molecular flexibility index (Phi) is 1.49. The predicted molar refractivity (Wildman–Crippen MR) is 47.9 cm³/mol. The van der Waals surface area contributed by atoms with E-state index in [1.807, 2.05) is 0 Å². The van der Waals surface area contributed by atoms with Gasteiger partial charge in [-0.05, 0) is 6.92 Å². The fourth-order valence-corrected chi connectivity index (χ4v) is 1.58. The first-order chi connectivity index (χ1) is 6.09. The Bertz CT molecular complexity index is 529. The Labute approximate surface area is 76.3 Å². The summed E-state index contributed by atoms with van der Waals surface area (Å²) in [6.07, 6.45) is 0. The molecule has 0 atom stereocenters. The molecule has 6 nitrogen and oxygen atoms in total. The Morgan fingerprint density at radius 1 is 1.62 bits per heavy atom. The van der Waals surface area contributed by atoms with E-state index in [4.69, 9.17) is 5.73 Å². The first kappa shape index (κ1) is 7.99. The third-order valence-electron chi connectivity index (χ3n) is 1.63. The quantitative estimate of drug-likeness (QED) is 0.608. The summed E-state index contributed by atoms with van der Waals surface area (Å²) < 4.78 is 1.08. The van der Waals surface area contributed by atoms with Crippen molar-refractivity contribution < 1.29 is 5.11 Å². The van der Waals surface area contributed by atoms with Crippen molar-refractivity contribution in [3.05, 3.63) is 15.9 Å². The van der Waals surface area contributed by atoms with Crippen LogP contribution < -0.4 is 11.3 Å². The average molecular weight is 198 g/mol. The molecule has 2 rings (SSSR count). The molecular weight excluding hydrogens is 192 g/mol. The van der Waals surface area contributed by atoms with Crippen LogP contribution in [0.4, 0.5) is 5.13 Å². The minimum absolute atomic E-state index is 0.169. The van der Waals surface area contributed by atoms with Crippen molar-refractivity contribution >= 4 is 21.4 Å². The molecule has 0 aliphatic heterocycles. The molecule has 0 amide bonds. The molecule has 0 radical (unpaired) electrons. The van der Waals surface area contributed by atoms with Gasteiger partial charge in [0.1, 0.15) is 0 Å². The first-order valence-electron chi connectivity index (χ1n) is 3.44. The Balaban J connectivity index is 3.01. The fraction of sp³-hybridized carbons (Fsp3) is 0.167. The Morgan fingerprint density at radius 3 is 3.00 bits per heavy atom. The molecule has 0 spiro atoms. The number of hydrogen-bond acceptors (Lipinski definition) is 6. The normalized spacial score (nSPS) is 10.8. The van der Waals surface area contributed by atoms with Crippen LogP contribution in [0, 0.1) is 6.92 Å². The first-order valence-corrected chi connectivity index (χ1v) is 4.26. The highest BCUT2D eigenvalue weighted by molar-refractivity contribution is 7.20. The van der Waals surface area contributed by atoms with Crippen LogP contribution >= 0.6 is 11.3 Å². The zero-order valence-corrected chi connectivity index (χ0v) is 7.50. The van der Waals surface area contributed by atoms with Crippen LogP contribution in [-0.2, 0) is 0 Å². The fourth-order valence-electron chi connectivity index (χ4n) is 0.930. The molecule has 2 heterocycles. The largest absolute Gasteiger partial charge is 0.493 e. The van der Waals surface area contributed by atoms with E-state index in [2.05, 4.69) is 10.1 Å². The predicted octanol–water partition coefficient (Wildman–Crippen LogP) is -0.253. The number of nitrogens with zero attached hydrogens (tertiary/aromatic N) is 3. The number of fused-ring (bicyclic) bond motifs is 1. The van der Waals surface area contributed by atoms with Crippen molar-refractivity contribution in [1.82, 2.24) is 14.6 Å². The SMILES string of the molecule is Cc1c(O)nc2sc(N)nn2c1=O. The molecule has 7 heteroatoms. The molecule has 2 aromatic heterocycles. The molecule has 0 unspecified atom stereocenters. The highest BCUT2D eigenvalue weighted by atomic mass is 32.1. The molecular formula is C6H6N4O2S. The van der Waals surface area contributed by atoms with Gasteiger partial charge in [-0.1, -0.05) is 11.3 Å². The third-order valence-corrected chi connectivity index (χ3v) is 2.36. The second-order valence-electron chi connectivity index (χ2n) is 2.50. The monoisotopic (exact) mass is 198 g/mol. The van der Waals surface area contributed by atoms with Crippen LogP contribution in [0.3, 0.4) is 0 Å². The van der Waals surface area contributed by atoms with Gasteiger partial charge in [0.25, 0.3) is 5.56 Å². The Hall–Kier alpha value is -1.63. The summed E-state index contributed by atoms with van der Waals surface area (Å²) in [5, 5.41) is 13.2. The lowest BCUT2D eigenvalue weighted by atomic mass is 10.4. The number of rotatable bonds is 0.